The Morgan fingerprint density at radius 1 is 0.472 bits per heavy atom. The Hall–Kier alpha value is -1.96. The second kappa shape index (κ2) is 18.1. The van der Waals surface area contributed by atoms with E-state index in [1.807, 2.05) is 0 Å². The first-order chi connectivity index (χ1) is 34.8. The van der Waals surface area contributed by atoms with E-state index in [0.29, 0.717) is 10.8 Å². The maximum atomic E-state index is 9.42. The van der Waals surface area contributed by atoms with Gasteiger partial charge in [0.15, 0.2) is 0 Å². The summed E-state index contributed by atoms with van der Waals surface area (Å²) in [5, 5.41) is 0. The van der Waals surface area contributed by atoms with E-state index < -0.39 is 21.5 Å². The minimum atomic E-state index is -5.13. The van der Waals surface area contributed by atoms with Crippen molar-refractivity contribution in [2.45, 2.75) is 199 Å². The predicted molar refractivity (Wildman–Crippen MR) is 307 cm³/mol. The van der Waals surface area contributed by atoms with Gasteiger partial charge in [0.1, 0.15) is 0 Å². The number of allylic oxidation sites excluding steroid dienone is 2. The summed E-state index contributed by atoms with van der Waals surface area (Å²) in [4.78, 5) is 0. The van der Waals surface area contributed by atoms with Crippen LogP contribution < -0.4 is 0 Å². The molecule has 0 aromatic heterocycles. The van der Waals surface area contributed by atoms with Crippen molar-refractivity contribution in [1.82, 2.24) is 0 Å². The number of aryl methyl sites for hydroxylation is 2. The van der Waals surface area contributed by atoms with Crippen LogP contribution in [0.25, 0.3) is 34.4 Å². The average Bonchev–Trinajstić information content (AvgIpc) is 3.93. The molecule has 0 saturated heterocycles. The van der Waals surface area contributed by atoms with Gasteiger partial charge in [0.2, 0.25) is 0 Å². The first-order valence-corrected chi connectivity index (χ1v) is 46.6. The zero-order valence-electron chi connectivity index (χ0n) is 44.7. The fourth-order valence-electron chi connectivity index (χ4n) is 20.7. The van der Waals surface area contributed by atoms with Crippen LogP contribution in [0.2, 0.25) is 13.1 Å². The van der Waals surface area contributed by atoms with Gasteiger partial charge in [-0.3, -0.25) is 0 Å². The predicted octanol–water partition coefficient (Wildman–Crippen LogP) is 20.1. The fourth-order valence-corrected chi connectivity index (χ4v) is 52.0. The van der Waals surface area contributed by atoms with Crippen LogP contribution in [0.15, 0.2) is 83.9 Å². The second-order valence-electron chi connectivity index (χ2n) is 28.3. The van der Waals surface area contributed by atoms with Crippen LogP contribution >= 0.6 is 17.0 Å². The molecule has 8 bridgehead atoms. The number of benzene rings is 4. The van der Waals surface area contributed by atoms with Crippen molar-refractivity contribution in [3.05, 3.63) is 128 Å². The number of fused-ring (bicyclic) bond motifs is 2. The summed E-state index contributed by atoms with van der Waals surface area (Å²) in [6.07, 6.45) is 38.9. The van der Waals surface area contributed by atoms with Crippen molar-refractivity contribution in [1.29, 1.82) is 0 Å². The Bertz CT molecular complexity index is 2570. The summed E-state index contributed by atoms with van der Waals surface area (Å²) < 4.78 is 0.273. The monoisotopic (exact) mass is 1090 g/mol. The van der Waals surface area contributed by atoms with Crippen molar-refractivity contribution in [2.75, 3.05) is 0 Å². The van der Waals surface area contributed by atoms with Crippen molar-refractivity contribution < 1.29 is 15.6 Å². The number of halogens is 2. The molecule has 2 atom stereocenters. The van der Waals surface area contributed by atoms with Gasteiger partial charge in [-0.1, -0.05) is 0 Å². The summed E-state index contributed by atoms with van der Waals surface area (Å²) in [5.74, 6) is 5.42. The van der Waals surface area contributed by atoms with E-state index in [2.05, 4.69) is 112 Å². The van der Waals surface area contributed by atoms with Crippen molar-refractivity contribution in [3.8, 4) is 22.3 Å². The third-order valence-electron chi connectivity index (χ3n) is 23.1. The number of rotatable bonds is 11. The summed E-state index contributed by atoms with van der Waals surface area (Å²) >= 11 is -5.13. The Balaban J connectivity index is 0.889. The molecule has 0 N–H and O–H groups in total. The molecule has 0 heterocycles. The van der Waals surface area contributed by atoms with Gasteiger partial charge in [0.05, 0.1) is 0 Å². The summed E-state index contributed by atoms with van der Waals surface area (Å²) in [5.41, 5.74) is 21.6. The molecule has 72 heavy (non-hydrogen) atoms. The first-order valence-electron chi connectivity index (χ1n) is 30.3. The summed E-state index contributed by atoms with van der Waals surface area (Å²) in [7, 11) is 18.8. The minimum absolute atomic E-state index is 0.137. The Kier molecular flexibility index (Phi) is 12.1. The molecule has 0 nitrogen and oxygen atoms in total. The van der Waals surface area contributed by atoms with E-state index in [1.165, 1.54) is 197 Å². The first kappa shape index (κ1) is 48.4. The van der Waals surface area contributed by atoms with E-state index in [4.69, 9.17) is 0 Å². The van der Waals surface area contributed by atoms with Gasteiger partial charge < -0.3 is 0 Å². The van der Waals surface area contributed by atoms with Gasteiger partial charge in [-0.05, 0) is 0 Å². The van der Waals surface area contributed by atoms with Gasteiger partial charge in [0.25, 0.3) is 0 Å². The van der Waals surface area contributed by atoms with Crippen molar-refractivity contribution >= 4 is 35.1 Å². The molecule has 12 aliphatic rings. The summed E-state index contributed by atoms with van der Waals surface area (Å²) in [6, 6.07) is 30.7. The van der Waals surface area contributed by atoms with E-state index >= 15 is 0 Å². The maximum absolute atomic E-state index is 9.42. The Labute approximate surface area is 444 Å². The zero-order chi connectivity index (χ0) is 48.8. The molecule has 379 valence electrons. The van der Waals surface area contributed by atoms with Gasteiger partial charge >= 0.3 is 448 Å². The normalized spacial score (nSPS) is 34.3. The van der Waals surface area contributed by atoms with Crippen LogP contribution in [-0.2, 0) is 26.4 Å². The van der Waals surface area contributed by atoms with Crippen LogP contribution in [0.3, 0.4) is 0 Å². The molecular weight excluding hydrogens is 1010 g/mol. The number of hydrogen-bond donors (Lipinski definition) is 0. The topological polar surface area (TPSA) is 0 Å². The molecule has 2 unspecified atom stereocenters. The molecule has 16 rings (SSSR count). The molecule has 10 saturated carbocycles. The average molecular weight is 1090 g/mol. The van der Waals surface area contributed by atoms with Crippen molar-refractivity contribution in [3.63, 3.8) is 0 Å². The van der Waals surface area contributed by atoms with E-state index in [-0.39, 0.29) is 7.25 Å². The third kappa shape index (κ3) is 7.96. The van der Waals surface area contributed by atoms with Gasteiger partial charge in [-0.2, -0.15) is 0 Å². The standard InChI is InChI=1S/2C33H39.C2H7Si.2ClH.Zr/c2*1-22-11-29-17-24(13-23-5-3-2-4-6-23)18-32(29)31(12-22)28-7-9-30(10-8-28)33-19-25-14-26(20-33)16-27(15-25)21-33;1-3-2;;;/h2*7-12,17-18,23,25-27H,2-6,13-16,19-21H2,1H3;3H,1-2H3;2*1H;/q;;;;;+2/p-2. The van der Waals surface area contributed by atoms with Crippen LogP contribution in [0.4, 0.5) is 0 Å². The second-order valence-corrected chi connectivity index (χ2v) is 70.8. The van der Waals surface area contributed by atoms with E-state index in [0.717, 1.165) is 60.2 Å². The quantitative estimate of drug-likeness (QED) is 0.131. The summed E-state index contributed by atoms with van der Waals surface area (Å²) in [6.45, 7) is 9.95. The Morgan fingerprint density at radius 3 is 1.12 bits per heavy atom. The molecule has 4 aromatic carbocycles. The van der Waals surface area contributed by atoms with Gasteiger partial charge in [-0.15, -0.1) is 0 Å². The van der Waals surface area contributed by atoms with Crippen LogP contribution in [0.1, 0.15) is 206 Å². The van der Waals surface area contributed by atoms with Gasteiger partial charge in [0, 0.05) is 0 Å². The molecule has 0 aliphatic heterocycles. The van der Waals surface area contributed by atoms with E-state index in [9.17, 15) is 17.0 Å². The molecule has 0 spiro atoms. The molecule has 0 amide bonds. The SMILES string of the molecule is Cc1cc(-c2ccc(C34CC5CC(CC(C5)C3)C4)cc2)c2c(c1)[CH]([Zr]([Cl])([Cl])([CH]1C(CC3CCCCC3)=Cc3c(-c4ccc(C56CC7CC(CC(C7)C5)C6)cc4)cc(C)cc31)[SiH](C)C)C(CC1CCCCC1)=C2. The van der Waals surface area contributed by atoms with Crippen molar-refractivity contribution in [2.24, 2.45) is 47.3 Å². The van der Waals surface area contributed by atoms with Crippen LogP contribution in [-0.4, -0.2) is 5.92 Å². The van der Waals surface area contributed by atoms with E-state index in [1.54, 1.807) is 22.3 Å². The number of hydrogen-bond acceptors (Lipinski definition) is 0. The Morgan fingerprint density at radius 2 is 0.806 bits per heavy atom. The van der Waals surface area contributed by atoms with Crippen LogP contribution in [0, 0.1) is 61.2 Å². The molecule has 10 fully saturated rings. The fraction of sp³-hybridized carbons (Fsp3) is 0.588. The molecule has 4 aromatic rings. The molecule has 12 aliphatic carbocycles. The molecule has 4 heteroatoms. The van der Waals surface area contributed by atoms with Gasteiger partial charge in [-0.25, -0.2) is 0 Å². The van der Waals surface area contributed by atoms with Crippen LogP contribution in [0.5, 0.6) is 0 Å². The third-order valence-corrected chi connectivity index (χ3v) is 75.0. The zero-order valence-corrected chi connectivity index (χ0v) is 49.8. The molecule has 0 radical (unpaired) electrons. The molecular formula is C68H85Cl2SiZr.